The van der Waals surface area contributed by atoms with Gasteiger partial charge in [-0.05, 0) is 38.0 Å². The van der Waals surface area contributed by atoms with Gasteiger partial charge >= 0.3 is 0 Å². The van der Waals surface area contributed by atoms with Crippen molar-refractivity contribution in [1.82, 2.24) is 0 Å². The number of sulfone groups is 1. The molecule has 3 heteroatoms. The van der Waals surface area contributed by atoms with Gasteiger partial charge in [-0.15, -0.1) is 0 Å². The van der Waals surface area contributed by atoms with Gasteiger partial charge in [-0.3, -0.25) is 0 Å². The molecule has 0 spiro atoms. The zero-order valence-corrected chi connectivity index (χ0v) is 12.3. The molecule has 0 bridgehead atoms. The fourth-order valence-corrected chi connectivity index (χ4v) is 2.47. The first-order valence-corrected chi connectivity index (χ1v) is 7.86. The highest BCUT2D eigenvalue weighted by Gasteiger charge is 2.18. The number of hydrogen-bond acceptors (Lipinski definition) is 2. The minimum Gasteiger partial charge on any atom is -0.223 e. The highest BCUT2D eigenvalue weighted by Crippen LogP contribution is 2.16. The zero-order chi connectivity index (χ0) is 13.5. The van der Waals surface area contributed by atoms with Crippen molar-refractivity contribution in [3.63, 3.8) is 0 Å². The molecule has 0 fully saturated rings. The maximum Gasteiger partial charge on any atom is 0.180 e. The molecule has 0 aromatic heterocycles. The quantitative estimate of drug-likeness (QED) is 0.820. The maximum absolute atomic E-state index is 11.8. The van der Waals surface area contributed by atoms with Crippen molar-refractivity contribution in [2.45, 2.75) is 57.6 Å². The highest BCUT2D eigenvalue weighted by atomic mass is 32.2. The summed E-state index contributed by atoms with van der Waals surface area (Å²) in [4.78, 5) is 0.428. The standard InChI is InChI=1S/C12H18O2S.C2H6/c1-4-5-11-6-8-12(9-7-11)15(13,14)10(2)3;1-2/h6-10H,4-5H2,1-3H3;1-2H3. The maximum atomic E-state index is 11.8. The Morgan fingerprint density at radius 1 is 1.06 bits per heavy atom. The van der Waals surface area contributed by atoms with Crippen molar-refractivity contribution >= 4 is 9.84 Å². The Bertz CT molecular complexity index is 402. The van der Waals surface area contributed by atoms with E-state index in [-0.39, 0.29) is 5.25 Å². The van der Waals surface area contributed by atoms with Crippen molar-refractivity contribution in [3.05, 3.63) is 29.8 Å². The summed E-state index contributed by atoms with van der Waals surface area (Å²) >= 11 is 0. The second-order valence-electron chi connectivity index (χ2n) is 3.99. The Hall–Kier alpha value is -0.830. The summed E-state index contributed by atoms with van der Waals surface area (Å²) in [5.41, 5.74) is 1.19. The molecule has 1 aromatic carbocycles. The molecule has 0 saturated heterocycles. The van der Waals surface area contributed by atoms with Crippen LogP contribution in [0.2, 0.25) is 0 Å². The number of aryl methyl sites for hydroxylation is 1. The topological polar surface area (TPSA) is 34.1 Å². The summed E-state index contributed by atoms with van der Waals surface area (Å²) in [5.74, 6) is 0. The fourth-order valence-electron chi connectivity index (χ4n) is 1.41. The van der Waals surface area contributed by atoms with E-state index in [1.165, 1.54) is 5.56 Å². The zero-order valence-electron chi connectivity index (χ0n) is 11.5. The van der Waals surface area contributed by atoms with Crippen LogP contribution in [-0.4, -0.2) is 13.7 Å². The lowest BCUT2D eigenvalue weighted by molar-refractivity contribution is 0.587. The third-order valence-corrected chi connectivity index (χ3v) is 4.58. The Morgan fingerprint density at radius 3 is 1.88 bits per heavy atom. The van der Waals surface area contributed by atoms with E-state index < -0.39 is 9.84 Å². The fraction of sp³-hybridized carbons (Fsp3) is 0.571. The van der Waals surface area contributed by atoms with Gasteiger partial charge in [0.25, 0.3) is 0 Å². The summed E-state index contributed by atoms with van der Waals surface area (Å²) in [5, 5.41) is -0.352. The van der Waals surface area contributed by atoms with Crippen LogP contribution < -0.4 is 0 Å². The first-order chi connectivity index (χ1) is 7.98. The Kier molecular flexibility index (Phi) is 7.12. The lowest BCUT2D eigenvalue weighted by Crippen LogP contribution is -2.13. The Morgan fingerprint density at radius 2 is 1.53 bits per heavy atom. The van der Waals surface area contributed by atoms with Crippen molar-refractivity contribution in [2.24, 2.45) is 0 Å². The Balaban J connectivity index is 0.00000121. The molecule has 0 heterocycles. The molecule has 0 atom stereocenters. The van der Waals surface area contributed by atoms with Crippen LogP contribution in [-0.2, 0) is 16.3 Å². The van der Waals surface area contributed by atoms with E-state index in [1.54, 1.807) is 26.0 Å². The molecule has 0 aliphatic carbocycles. The van der Waals surface area contributed by atoms with Gasteiger partial charge in [-0.2, -0.15) is 0 Å². The van der Waals surface area contributed by atoms with Gasteiger partial charge in [0.2, 0.25) is 0 Å². The summed E-state index contributed by atoms with van der Waals surface area (Å²) < 4.78 is 23.6. The summed E-state index contributed by atoms with van der Waals surface area (Å²) in [6.45, 7) is 9.52. The lowest BCUT2D eigenvalue weighted by Gasteiger charge is -2.08. The number of rotatable bonds is 4. The molecule has 0 aliphatic rings. The van der Waals surface area contributed by atoms with E-state index in [4.69, 9.17) is 0 Å². The monoisotopic (exact) mass is 256 g/mol. The van der Waals surface area contributed by atoms with Gasteiger partial charge in [0.1, 0.15) is 0 Å². The van der Waals surface area contributed by atoms with Crippen molar-refractivity contribution in [2.75, 3.05) is 0 Å². The first kappa shape index (κ1) is 16.2. The number of hydrogen-bond donors (Lipinski definition) is 0. The van der Waals surface area contributed by atoms with Crippen molar-refractivity contribution in [3.8, 4) is 0 Å². The largest absolute Gasteiger partial charge is 0.223 e. The van der Waals surface area contributed by atoms with E-state index in [1.807, 2.05) is 26.0 Å². The minimum atomic E-state index is -3.11. The van der Waals surface area contributed by atoms with E-state index in [0.717, 1.165) is 12.8 Å². The van der Waals surface area contributed by atoms with Crippen LogP contribution in [0, 0.1) is 0 Å². The summed E-state index contributed by atoms with van der Waals surface area (Å²) in [6, 6.07) is 7.22. The average Bonchev–Trinajstić information content (AvgIpc) is 2.32. The van der Waals surface area contributed by atoms with Gasteiger partial charge < -0.3 is 0 Å². The third kappa shape index (κ3) is 4.50. The van der Waals surface area contributed by atoms with E-state index in [2.05, 4.69) is 6.92 Å². The molecular formula is C14H24O2S. The molecule has 0 amide bonds. The van der Waals surface area contributed by atoms with Crippen LogP contribution in [0.5, 0.6) is 0 Å². The summed E-state index contributed by atoms with van der Waals surface area (Å²) in [7, 11) is -3.11. The first-order valence-electron chi connectivity index (χ1n) is 6.31. The van der Waals surface area contributed by atoms with Gasteiger partial charge in [-0.1, -0.05) is 39.3 Å². The van der Waals surface area contributed by atoms with E-state index in [9.17, 15) is 8.42 Å². The minimum absolute atomic E-state index is 0.352. The molecule has 0 saturated carbocycles. The molecule has 1 aromatic rings. The van der Waals surface area contributed by atoms with E-state index in [0.29, 0.717) is 4.90 Å². The summed E-state index contributed by atoms with van der Waals surface area (Å²) in [6.07, 6.45) is 2.08. The molecule has 0 unspecified atom stereocenters. The predicted molar refractivity (Wildman–Crippen MR) is 74.1 cm³/mol. The highest BCUT2D eigenvalue weighted by molar-refractivity contribution is 7.92. The van der Waals surface area contributed by atoms with Gasteiger partial charge in [0.15, 0.2) is 9.84 Å². The molecule has 0 aliphatic heterocycles. The third-order valence-electron chi connectivity index (χ3n) is 2.41. The second kappa shape index (κ2) is 7.49. The molecule has 1 rings (SSSR count). The molecular weight excluding hydrogens is 232 g/mol. The van der Waals surface area contributed by atoms with Gasteiger partial charge in [0.05, 0.1) is 10.1 Å². The van der Waals surface area contributed by atoms with Crippen LogP contribution >= 0.6 is 0 Å². The lowest BCUT2D eigenvalue weighted by atomic mass is 10.1. The normalized spacial score (nSPS) is 10.9. The smallest absolute Gasteiger partial charge is 0.180 e. The Labute approximate surface area is 106 Å². The second-order valence-corrected chi connectivity index (χ2v) is 6.49. The van der Waals surface area contributed by atoms with Crippen LogP contribution in [0.15, 0.2) is 29.2 Å². The molecule has 0 radical (unpaired) electrons. The molecule has 0 N–H and O–H groups in total. The average molecular weight is 256 g/mol. The van der Waals surface area contributed by atoms with Crippen molar-refractivity contribution in [1.29, 1.82) is 0 Å². The van der Waals surface area contributed by atoms with Gasteiger partial charge in [-0.25, -0.2) is 8.42 Å². The van der Waals surface area contributed by atoms with Crippen LogP contribution in [0.25, 0.3) is 0 Å². The molecule has 17 heavy (non-hydrogen) atoms. The van der Waals surface area contributed by atoms with Gasteiger partial charge in [0, 0.05) is 0 Å². The van der Waals surface area contributed by atoms with E-state index >= 15 is 0 Å². The van der Waals surface area contributed by atoms with Crippen LogP contribution in [0.1, 0.15) is 46.6 Å². The number of benzene rings is 1. The van der Waals surface area contributed by atoms with Crippen molar-refractivity contribution < 1.29 is 8.42 Å². The molecule has 2 nitrogen and oxygen atoms in total. The molecule has 98 valence electrons. The predicted octanol–water partition coefficient (Wildman–Crippen LogP) is 3.85. The van der Waals surface area contributed by atoms with Crippen LogP contribution in [0.4, 0.5) is 0 Å². The SMILES string of the molecule is CC.CCCc1ccc(S(=O)(=O)C(C)C)cc1. The van der Waals surface area contributed by atoms with Crippen LogP contribution in [0.3, 0.4) is 0 Å².